The molecule has 0 saturated heterocycles. The Bertz CT molecular complexity index is 905. The number of rotatable bonds is 7. The largest absolute Gasteiger partial charge is 0.374 e. The number of aryl methyl sites for hydroxylation is 1. The highest BCUT2D eigenvalue weighted by Gasteiger charge is 2.14. The minimum atomic E-state index is -0.250. The third-order valence-electron chi connectivity index (χ3n) is 3.89. The van der Waals surface area contributed by atoms with Gasteiger partial charge in [-0.05, 0) is 23.6 Å². The zero-order valence-corrected chi connectivity index (χ0v) is 14.6. The van der Waals surface area contributed by atoms with Crippen LogP contribution in [-0.2, 0) is 16.0 Å². The quantitative estimate of drug-likeness (QED) is 0.680. The number of benzene rings is 1. The van der Waals surface area contributed by atoms with Gasteiger partial charge < -0.3 is 15.0 Å². The van der Waals surface area contributed by atoms with Gasteiger partial charge in [0.05, 0.1) is 11.0 Å². The number of methoxy groups -OCH3 is 1. The maximum atomic E-state index is 12.1. The van der Waals surface area contributed by atoms with Gasteiger partial charge in [0.25, 0.3) is 5.56 Å². The molecule has 0 spiro atoms. The number of carbonyl (C=O) groups is 1. The van der Waals surface area contributed by atoms with E-state index in [1.807, 2.05) is 35.7 Å². The van der Waals surface area contributed by atoms with E-state index in [-0.39, 0.29) is 24.0 Å². The summed E-state index contributed by atoms with van der Waals surface area (Å²) in [5.74, 6) is -0.132. The van der Waals surface area contributed by atoms with E-state index in [2.05, 4.69) is 15.3 Å². The highest BCUT2D eigenvalue weighted by atomic mass is 32.1. The molecule has 1 amide bonds. The number of nitrogens with zero attached hydrogens (tertiary/aromatic N) is 1. The van der Waals surface area contributed by atoms with Crippen LogP contribution in [0.2, 0.25) is 0 Å². The van der Waals surface area contributed by atoms with Gasteiger partial charge in [0, 0.05) is 31.4 Å². The highest BCUT2D eigenvalue weighted by Crippen LogP contribution is 2.20. The highest BCUT2D eigenvalue weighted by molar-refractivity contribution is 7.10. The minimum absolute atomic E-state index is 0.132. The summed E-state index contributed by atoms with van der Waals surface area (Å²) in [7, 11) is 1.62. The van der Waals surface area contributed by atoms with Gasteiger partial charge in [-0.2, -0.15) is 0 Å². The maximum absolute atomic E-state index is 12.1. The van der Waals surface area contributed by atoms with Crippen LogP contribution in [0.5, 0.6) is 0 Å². The Morgan fingerprint density at radius 2 is 2.16 bits per heavy atom. The number of aromatic nitrogens is 2. The van der Waals surface area contributed by atoms with E-state index >= 15 is 0 Å². The van der Waals surface area contributed by atoms with Crippen LogP contribution in [0.15, 0.2) is 46.6 Å². The average molecular weight is 357 g/mol. The van der Waals surface area contributed by atoms with Crippen molar-refractivity contribution in [1.82, 2.24) is 15.3 Å². The van der Waals surface area contributed by atoms with Crippen LogP contribution >= 0.6 is 11.3 Å². The second-order valence-corrected chi connectivity index (χ2v) is 6.55. The number of carbonyl (C=O) groups excluding carboxylic acids is 1. The number of amides is 1. The summed E-state index contributed by atoms with van der Waals surface area (Å²) in [5, 5.41) is 4.82. The molecule has 7 heteroatoms. The van der Waals surface area contributed by atoms with Gasteiger partial charge in [-0.3, -0.25) is 9.59 Å². The number of H-pyrrole nitrogens is 1. The van der Waals surface area contributed by atoms with E-state index in [1.54, 1.807) is 24.5 Å². The third kappa shape index (κ3) is 4.32. The van der Waals surface area contributed by atoms with Crippen molar-refractivity contribution >= 4 is 28.3 Å². The lowest BCUT2D eigenvalue weighted by atomic mass is 10.2. The molecule has 0 saturated carbocycles. The molecule has 0 unspecified atom stereocenters. The zero-order valence-electron chi connectivity index (χ0n) is 13.8. The fraction of sp³-hybridized carbons (Fsp3) is 0.278. The van der Waals surface area contributed by atoms with Crippen LogP contribution < -0.4 is 10.9 Å². The van der Waals surface area contributed by atoms with Gasteiger partial charge >= 0.3 is 0 Å². The van der Waals surface area contributed by atoms with Crippen LogP contribution in [0.25, 0.3) is 11.0 Å². The monoisotopic (exact) mass is 357 g/mol. The smallest absolute Gasteiger partial charge is 0.270 e. The number of fused-ring (bicyclic) bond motifs is 1. The minimum Gasteiger partial charge on any atom is -0.374 e. The number of aromatic amines is 1. The standard InChI is InChI=1S/C18H19N3O3S/c1-24-15(16-7-4-10-25-16)11-19-17(22)9-8-14-18(23)21-13-6-3-2-5-12(13)20-14/h2-7,10,15H,8-9,11H2,1H3,(H,19,22)(H,21,23)/t15-/m1/s1. The normalized spacial score (nSPS) is 12.2. The Morgan fingerprint density at radius 1 is 1.32 bits per heavy atom. The van der Waals surface area contributed by atoms with Crippen LogP contribution in [0.1, 0.15) is 23.1 Å². The van der Waals surface area contributed by atoms with Gasteiger partial charge in [0.1, 0.15) is 11.8 Å². The first-order valence-electron chi connectivity index (χ1n) is 7.98. The van der Waals surface area contributed by atoms with E-state index < -0.39 is 0 Å². The third-order valence-corrected chi connectivity index (χ3v) is 4.85. The molecule has 1 atom stereocenters. The van der Waals surface area contributed by atoms with Gasteiger partial charge in [-0.15, -0.1) is 11.3 Å². The molecule has 2 aromatic heterocycles. The van der Waals surface area contributed by atoms with Crippen LogP contribution in [0.4, 0.5) is 0 Å². The van der Waals surface area contributed by atoms with Gasteiger partial charge in [-0.1, -0.05) is 18.2 Å². The Balaban J connectivity index is 1.57. The lowest BCUT2D eigenvalue weighted by molar-refractivity contribution is -0.121. The summed E-state index contributed by atoms with van der Waals surface area (Å²) < 4.78 is 5.40. The van der Waals surface area contributed by atoms with Crippen molar-refractivity contribution in [1.29, 1.82) is 0 Å². The van der Waals surface area contributed by atoms with Crippen molar-refractivity contribution in [3.8, 4) is 0 Å². The molecule has 2 heterocycles. The van der Waals surface area contributed by atoms with Gasteiger partial charge in [0.2, 0.25) is 5.91 Å². The maximum Gasteiger partial charge on any atom is 0.270 e. The fourth-order valence-electron chi connectivity index (χ4n) is 2.54. The number of thiophene rings is 1. The molecule has 1 aromatic carbocycles. The van der Waals surface area contributed by atoms with Crippen LogP contribution in [0, 0.1) is 0 Å². The molecule has 0 aliphatic carbocycles. The first kappa shape index (κ1) is 17.3. The summed E-state index contributed by atoms with van der Waals surface area (Å²) in [6.07, 6.45) is 0.337. The van der Waals surface area contributed by atoms with Crippen molar-refractivity contribution in [3.63, 3.8) is 0 Å². The van der Waals surface area contributed by atoms with Crippen molar-refractivity contribution in [3.05, 3.63) is 62.7 Å². The van der Waals surface area contributed by atoms with Crippen molar-refractivity contribution in [2.24, 2.45) is 0 Å². The SMILES string of the molecule is CO[C@H](CNC(=O)CCc1nc2ccccc2[nH]c1=O)c1cccs1. The topological polar surface area (TPSA) is 84.1 Å². The molecule has 0 radical (unpaired) electrons. The zero-order chi connectivity index (χ0) is 17.6. The molecule has 25 heavy (non-hydrogen) atoms. The number of hydrogen-bond acceptors (Lipinski definition) is 5. The molecule has 3 aromatic rings. The predicted molar refractivity (Wildman–Crippen MR) is 97.8 cm³/mol. The van der Waals surface area contributed by atoms with Crippen LogP contribution in [0.3, 0.4) is 0 Å². The molecular formula is C18H19N3O3S. The van der Waals surface area contributed by atoms with Crippen LogP contribution in [-0.4, -0.2) is 29.5 Å². The van der Waals surface area contributed by atoms with E-state index in [9.17, 15) is 9.59 Å². The first-order chi connectivity index (χ1) is 12.2. The summed E-state index contributed by atoms with van der Waals surface area (Å²) >= 11 is 1.59. The number of para-hydroxylation sites is 2. The second kappa shape index (κ2) is 8.04. The molecule has 130 valence electrons. The second-order valence-electron chi connectivity index (χ2n) is 5.57. The summed E-state index contributed by atoms with van der Waals surface area (Å²) in [6.45, 7) is 0.400. The van der Waals surface area contributed by atoms with Gasteiger partial charge in [-0.25, -0.2) is 4.98 Å². The Morgan fingerprint density at radius 3 is 2.92 bits per heavy atom. The summed E-state index contributed by atoms with van der Waals surface area (Å²) in [4.78, 5) is 32.3. The van der Waals surface area contributed by atoms with E-state index in [1.165, 1.54) is 0 Å². The molecule has 6 nitrogen and oxygen atoms in total. The van der Waals surface area contributed by atoms with E-state index in [4.69, 9.17) is 4.74 Å². The number of hydrogen-bond donors (Lipinski definition) is 2. The number of ether oxygens (including phenoxy) is 1. The molecule has 0 bridgehead atoms. The molecular weight excluding hydrogens is 338 g/mol. The van der Waals surface area contributed by atoms with Crippen molar-refractivity contribution in [2.75, 3.05) is 13.7 Å². The lowest BCUT2D eigenvalue weighted by Crippen LogP contribution is -2.29. The van der Waals surface area contributed by atoms with E-state index in [0.717, 1.165) is 10.4 Å². The van der Waals surface area contributed by atoms with E-state index in [0.29, 0.717) is 24.2 Å². The molecule has 0 aliphatic heterocycles. The molecule has 0 fully saturated rings. The van der Waals surface area contributed by atoms with Crippen molar-refractivity contribution in [2.45, 2.75) is 18.9 Å². The molecule has 2 N–H and O–H groups in total. The van der Waals surface area contributed by atoms with Crippen molar-refractivity contribution < 1.29 is 9.53 Å². The average Bonchev–Trinajstić information content (AvgIpc) is 3.15. The van der Waals surface area contributed by atoms with Gasteiger partial charge in [0.15, 0.2) is 0 Å². The molecule has 3 rings (SSSR count). The summed E-state index contributed by atoms with van der Waals surface area (Å²) in [6, 6.07) is 11.3. The lowest BCUT2D eigenvalue weighted by Gasteiger charge is -2.14. The Kier molecular flexibility index (Phi) is 5.57. The Labute approximate surface area is 148 Å². The predicted octanol–water partition coefficient (Wildman–Crippen LogP) is 2.42. The first-order valence-corrected chi connectivity index (χ1v) is 8.86. The molecule has 0 aliphatic rings. The fourth-order valence-corrected chi connectivity index (χ4v) is 3.34. The summed E-state index contributed by atoms with van der Waals surface area (Å²) in [5.41, 5.74) is 1.53. The Hall–Kier alpha value is -2.51. The number of nitrogens with one attached hydrogen (secondary N) is 2.